The molecule has 1 aliphatic heterocycles. The lowest BCUT2D eigenvalue weighted by atomic mass is 10.2. The van der Waals surface area contributed by atoms with E-state index in [0.717, 1.165) is 29.9 Å². The van der Waals surface area contributed by atoms with Crippen molar-refractivity contribution in [2.75, 3.05) is 32.7 Å². The Hall–Kier alpha value is -1.58. The average Bonchev–Trinajstić information content (AvgIpc) is 2.62. The van der Waals surface area contributed by atoms with Gasteiger partial charge in [-0.3, -0.25) is 4.79 Å². The number of halogens is 2. The molecule has 146 valence electrons. The molecule has 9 heteroatoms. The number of hydrogen-bond donors (Lipinski definition) is 2. The first-order chi connectivity index (χ1) is 12.3. The summed E-state index contributed by atoms with van der Waals surface area (Å²) in [6.45, 7) is 5.77. The fraction of sp³-hybridized carbons (Fsp3) is 0.588. The highest BCUT2D eigenvalue weighted by Gasteiger charge is 2.31. The third-order valence-corrected chi connectivity index (χ3v) is 6.61. The van der Waals surface area contributed by atoms with Gasteiger partial charge in [-0.05, 0) is 31.0 Å². The first-order valence-corrected chi connectivity index (χ1v) is 10.3. The van der Waals surface area contributed by atoms with Gasteiger partial charge in [0.1, 0.15) is 0 Å². The Kier molecular flexibility index (Phi) is 7.08. The zero-order valence-corrected chi connectivity index (χ0v) is 15.9. The van der Waals surface area contributed by atoms with Crippen LogP contribution >= 0.6 is 0 Å². The number of rotatable bonds is 7. The highest BCUT2D eigenvalue weighted by Crippen LogP contribution is 2.18. The maximum Gasteiger partial charge on any atom is 0.275 e. The molecule has 1 saturated heterocycles. The Morgan fingerprint density at radius 1 is 1.19 bits per heavy atom. The van der Waals surface area contributed by atoms with E-state index in [0.29, 0.717) is 25.7 Å². The van der Waals surface area contributed by atoms with E-state index in [1.165, 1.54) is 4.31 Å². The summed E-state index contributed by atoms with van der Waals surface area (Å²) in [4.78, 5) is 12.8. The number of benzene rings is 1. The van der Waals surface area contributed by atoms with Crippen LogP contribution in [0.1, 0.15) is 26.7 Å². The quantitative estimate of drug-likeness (QED) is 0.697. The van der Waals surface area contributed by atoms with Gasteiger partial charge >= 0.3 is 0 Å². The molecule has 2 rings (SSSR count). The molecule has 2 N–H and O–H groups in total. The third kappa shape index (κ3) is 4.99. The van der Waals surface area contributed by atoms with Gasteiger partial charge in [0.15, 0.2) is 18.2 Å². The molecule has 1 heterocycles. The van der Waals surface area contributed by atoms with Crippen molar-refractivity contribution in [1.82, 2.24) is 9.62 Å². The Morgan fingerprint density at radius 2 is 1.81 bits per heavy atom. The van der Waals surface area contributed by atoms with Gasteiger partial charge in [-0.1, -0.05) is 13.8 Å². The lowest BCUT2D eigenvalue weighted by Crippen LogP contribution is -3.15. The van der Waals surface area contributed by atoms with Gasteiger partial charge in [0.25, 0.3) is 5.91 Å². The molecule has 1 amide bonds. The van der Waals surface area contributed by atoms with Gasteiger partial charge in [-0.2, -0.15) is 4.31 Å². The summed E-state index contributed by atoms with van der Waals surface area (Å²) in [5.74, 6) is -2.30. The number of carbonyl (C=O) groups excluding carboxylic acids is 1. The van der Waals surface area contributed by atoms with Crippen LogP contribution in [0.15, 0.2) is 23.1 Å². The molecule has 0 atom stereocenters. The topological polar surface area (TPSA) is 70.9 Å². The van der Waals surface area contributed by atoms with Crippen molar-refractivity contribution < 1.29 is 26.9 Å². The molecule has 0 saturated carbocycles. The molecule has 0 aliphatic carbocycles. The fourth-order valence-corrected chi connectivity index (χ4v) is 4.46. The molecule has 0 aromatic heterocycles. The van der Waals surface area contributed by atoms with Crippen molar-refractivity contribution in [2.24, 2.45) is 0 Å². The minimum Gasteiger partial charge on any atom is -0.349 e. The molecular formula is C17H26F2N3O3S+. The second kappa shape index (κ2) is 8.88. The Bertz CT molecular complexity index is 731. The molecule has 0 unspecified atom stereocenters. The maximum absolute atomic E-state index is 13.3. The number of carbonyl (C=O) groups is 1. The average molecular weight is 390 g/mol. The minimum atomic E-state index is -3.87. The van der Waals surface area contributed by atoms with Crippen LogP contribution in [0.25, 0.3) is 0 Å². The van der Waals surface area contributed by atoms with E-state index in [9.17, 15) is 22.0 Å². The number of nitrogens with one attached hydrogen (secondary N) is 2. The summed E-state index contributed by atoms with van der Waals surface area (Å²) in [5, 5.41) is 2.97. The molecule has 0 radical (unpaired) electrons. The van der Waals surface area contributed by atoms with Gasteiger partial charge in [0.2, 0.25) is 10.0 Å². The van der Waals surface area contributed by atoms with Crippen molar-refractivity contribution in [3.63, 3.8) is 0 Å². The molecule has 26 heavy (non-hydrogen) atoms. The summed E-state index contributed by atoms with van der Waals surface area (Å²) in [6.07, 6.45) is 1.75. The standard InChI is InChI=1S/C17H25F2N3O3S/c1-3-13(4-2)20-17(23)12-21-7-9-22(10-8-21)26(24,25)14-5-6-15(18)16(19)11-14/h5-6,11,13H,3-4,7-10,12H2,1-2H3,(H,20,23)/p+1. The van der Waals surface area contributed by atoms with Crippen LogP contribution in [0.4, 0.5) is 8.78 Å². The predicted molar refractivity (Wildman–Crippen MR) is 93.2 cm³/mol. The molecule has 1 aromatic rings. The van der Waals surface area contributed by atoms with Gasteiger partial charge in [0, 0.05) is 6.04 Å². The number of hydrogen-bond acceptors (Lipinski definition) is 3. The van der Waals surface area contributed by atoms with Gasteiger partial charge in [-0.15, -0.1) is 0 Å². The molecule has 0 spiro atoms. The highest BCUT2D eigenvalue weighted by molar-refractivity contribution is 7.89. The van der Waals surface area contributed by atoms with Crippen LogP contribution in [0.5, 0.6) is 0 Å². The second-order valence-corrected chi connectivity index (χ2v) is 8.43. The molecule has 6 nitrogen and oxygen atoms in total. The first-order valence-electron chi connectivity index (χ1n) is 8.86. The van der Waals surface area contributed by atoms with Crippen LogP contribution in [-0.4, -0.2) is 57.4 Å². The van der Waals surface area contributed by atoms with Crippen molar-refractivity contribution in [1.29, 1.82) is 0 Å². The van der Waals surface area contributed by atoms with Crippen molar-refractivity contribution in [3.05, 3.63) is 29.8 Å². The summed E-state index contributed by atoms with van der Waals surface area (Å²) in [6, 6.07) is 2.74. The molecule has 1 aliphatic rings. The maximum atomic E-state index is 13.3. The van der Waals surface area contributed by atoms with Gasteiger partial charge < -0.3 is 10.2 Å². The zero-order chi connectivity index (χ0) is 19.3. The summed E-state index contributed by atoms with van der Waals surface area (Å²) in [5.41, 5.74) is 0. The monoisotopic (exact) mass is 390 g/mol. The van der Waals surface area contributed by atoms with E-state index >= 15 is 0 Å². The molecule has 0 bridgehead atoms. The Balaban J connectivity index is 1.93. The van der Waals surface area contributed by atoms with E-state index in [2.05, 4.69) is 5.32 Å². The van der Waals surface area contributed by atoms with Crippen molar-refractivity contribution >= 4 is 15.9 Å². The predicted octanol–water partition coefficient (Wildman–Crippen LogP) is 0.159. The largest absolute Gasteiger partial charge is 0.349 e. The Morgan fingerprint density at radius 3 is 2.35 bits per heavy atom. The normalized spacial score (nSPS) is 16.8. The number of quaternary nitrogens is 1. The molecule has 1 aromatic carbocycles. The fourth-order valence-electron chi connectivity index (χ4n) is 3.00. The lowest BCUT2D eigenvalue weighted by Gasteiger charge is -2.31. The summed E-state index contributed by atoms with van der Waals surface area (Å²) in [7, 11) is -3.87. The Labute approximate surface area is 153 Å². The van der Waals surface area contributed by atoms with E-state index in [1.807, 2.05) is 13.8 Å². The zero-order valence-electron chi connectivity index (χ0n) is 15.1. The van der Waals surface area contributed by atoms with E-state index in [-0.39, 0.29) is 29.9 Å². The lowest BCUT2D eigenvalue weighted by molar-refractivity contribution is -0.895. The smallest absolute Gasteiger partial charge is 0.275 e. The van der Waals surface area contributed by atoms with E-state index in [1.54, 1.807) is 0 Å². The SMILES string of the molecule is CCC(CC)NC(=O)C[NH+]1CCN(S(=O)(=O)c2ccc(F)c(F)c2)CC1. The second-order valence-electron chi connectivity index (χ2n) is 6.49. The third-order valence-electron chi connectivity index (χ3n) is 4.72. The van der Waals surface area contributed by atoms with Crippen molar-refractivity contribution in [3.8, 4) is 0 Å². The molecule has 1 fully saturated rings. The van der Waals surface area contributed by atoms with E-state index in [4.69, 9.17) is 0 Å². The van der Waals surface area contributed by atoms with Gasteiger partial charge in [0.05, 0.1) is 31.1 Å². The van der Waals surface area contributed by atoms with Crippen LogP contribution in [0, 0.1) is 11.6 Å². The summed E-state index contributed by atoms with van der Waals surface area (Å²) >= 11 is 0. The number of amides is 1. The highest BCUT2D eigenvalue weighted by atomic mass is 32.2. The van der Waals surface area contributed by atoms with Crippen LogP contribution in [0.3, 0.4) is 0 Å². The number of sulfonamides is 1. The van der Waals surface area contributed by atoms with Crippen LogP contribution < -0.4 is 10.2 Å². The van der Waals surface area contributed by atoms with Gasteiger partial charge in [-0.25, -0.2) is 17.2 Å². The van der Waals surface area contributed by atoms with E-state index < -0.39 is 21.7 Å². The van der Waals surface area contributed by atoms with Crippen LogP contribution in [-0.2, 0) is 14.8 Å². The minimum absolute atomic E-state index is 0.0365. The summed E-state index contributed by atoms with van der Waals surface area (Å²) < 4.78 is 52.7. The number of nitrogens with zero attached hydrogens (tertiary/aromatic N) is 1. The number of piperazine rings is 1. The first kappa shape index (κ1) is 20.7. The molecular weight excluding hydrogens is 364 g/mol. The van der Waals surface area contributed by atoms with Crippen LogP contribution in [0.2, 0.25) is 0 Å². The van der Waals surface area contributed by atoms with Crippen molar-refractivity contribution in [2.45, 2.75) is 37.6 Å².